The zero-order valence-corrected chi connectivity index (χ0v) is 52.4. The number of aliphatic hydroxyl groups is 5. The Labute approximate surface area is 520 Å². The summed E-state index contributed by atoms with van der Waals surface area (Å²) in [5.41, 5.74) is 16.1. The fourth-order valence-corrected chi connectivity index (χ4v) is 9.53. The lowest BCUT2D eigenvalue weighted by Gasteiger charge is -2.29. The van der Waals surface area contributed by atoms with Crippen LogP contribution in [-0.4, -0.2) is 194 Å². The first kappa shape index (κ1) is 79.9. The number of nitrogens with two attached hydrogens (primary N) is 3. The molecular weight excluding hydrogens is 1170 g/mol. The van der Waals surface area contributed by atoms with E-state index in [1.54, 1.807) is 0 Å². The molecule has 1 aliphatic heterocycles. The molecule has 0 spiro atoms. The van der Waals surface area contributed by atoms with Gasteiger partial charge in [-0.25, -0.2) is 0 Å². The summed E-state index contributed by atoms with van der Waals surface area (Å²) in [5, 5.41) is 76.4. The van der Waals surface area contributed by atoms with E-state index in [1.165, 1.54) is 0 Å². The molecule has 1 aliphatic rings. The molecule has 1 heterocycles. The Balaban J connectivity index is 3.80. The highest BCUT2D eigenvalue weighted by Gasteiger charge is 2.38. The van der Waals surface area contributed by atoms with Crippen LogP contribution in [0.2, 0.25) is 0 Å². The van der Waals surface area contributed by atoms with E-state index in [4.69, 9.17) is 17.2 Å². The quantitative estimate of drug-likeness (QED) is 0.0288. The van der Waals surface area contributed by atoms with Crippen LogP contribution < -0.4 is 70.4 Å². The topological polar surface area (TPSA) is 521 Å². The minimum atomic E-state index is -2.15. The van der Waals surface area contributed by atoms with Gasteiger partial charge in [0, 0.05) is 19.4 Å². The van der Waals surface area contributed by atoms with Gasteiger partial charge in [0.25, 0.3) is 0 Å². The van der Waals surface area contributed by atoms with Crippen molar-refractivity contribution in [2.45, 2.75) is 274 Å². The summed E-state index contributed by atoms with van der Waals surface area (Å²) in [7, 11) is 0. The molecular formula is C58H103N13O18. The van der Waals surface area contributed by atoms with Crippen LogP contribution in [0.15, 0.2) is 0 Å². The van der Waals surface area contributed by atoms with Crippen LogP contribution in [0.25, 0.3) is 0 Å². The first-order chi connectivity index (χ1) is 42.0. The molecule has 13 atom stereocenters. The SMILES string of the molecule is CCCCCCCCCC(O)CCC1NC(=O)[C@H]([C@@H](C)O)NC(=O)[C@@H]([C@@H](C)O)NC(=O)C(CC(O)C(N)=O)NC(=O)[C@@H](C)NC(=O)[C@H](CC(N)=O)NC(=O)[C@@H](CC(N)=O)NC(=O)C(CCCCCCCC(O)CCCCC)NC(=O)CCNC(=O)CNC1=O. The van der Waals surface area contributed by atoms with Crippen LogP contribution in [-0.2, 0) is 62.3 Å². The summed E-state index contributed by atoms with van der Waals surface area (Å²) < 4.78 is 0. The summed E-state index contributed by atoms with van der Waals surface area (Å²) in [6.45, 7) is 6.28. The van der Waals surface area contributed by atoms with Crippen molar-refractivity contribution >= 4 is 76.8 Å². The van der Waals surface area contributed by atoms with Crippen LogP contribution in [0.3, 0.4) is 0 Å². The lowest BCUT2D eigenvalue weighted by molar-refractivity contribution is -0.139. The molecule has 0 aromatic carbocycles. The first-order valence-electron chi connectivity index (χ1n) is 31.2. The normalized spacial score (nSPS) is 23.9. The van der Waals surface area contributed by atoms with Crippen LogP contribution in [0, 0.1) is 0 Å². The molecule has 0 aliphatic carbocycles. The third-order valence-corrected chi connectivity index (χ3v) is 14.9. The summed E-state index contributed by atoms with van der Waals surface area (Å²) in [6.07, 6.45) is 3.88. The molecule has 21 N–H and O–H groups in total. The number of carbonyl (C=O) groups excluding carboxylic acids is 13. The maximum atomic E-state index is 14.1. The number of amides is 13. The standard InChI is InChI=1S/C58H103N13O18/c1-6-8-10-11-12-14-19-23-37(75)25-26-39-52(83)63-32-47(80)62-28-27-46(79)65-38(24-20-16-13-15-18-22-36(74)21-17-9-7-2)53(84)68-42(31-45(60)78)55(86)69-41(30-44(59)77)54(85)64-33(3)51(82)67-40(29-43(76)50(61)81)56(87)70-49(35(5)73)58(89)71-48(34(4)72)57(88)66-39/h33-43,48-49,72-76H,6-32H2,1-5H3,(H2,59,77)(H2,60,78)(H2,61,81)(H,62,80)(H,63,83)(H,64,85)(H,65,79)(H,66,88)(H,67,82)(H,68,84)(H,69,86)(H,70,87)(H,71,89)/t33-,34-,35-,36?,37?,38?,39?,40?,41+,42-,43?,48+,49-/m1/s1. The predicted octanol–water partition coefficient (Wildman–Crippen LogP) is -3.78. The smallest absolute Gasteiger partial charge is 0.246 e. The van der Waals surface area contributed by atoms with Crippen molar-refractivity contribution in [3.8, 4) is 0 Å². The maximum absolute atomic E-state index is 14.1. The molecule has 0 saturated carbocycles. The van der Waals surface area contributed by atoms with Gasteiger partial charge in [-0.1, -0.05) is 110 Å². The minimum absolute atomic E-state index is 0.0173. The Bertz CT molecular complexity index is 2300. The van der Waals surface area contributed by atoms with Crippen molar-refractivity contribution in [1.82, 2.24) is 53.2 Å². The van der Waals surface area contributed by atoms with Gasteiger partial charge in [-0.2, -0.15) is 0 Å². The van der Waals surface area contributed by atoms with Gasteiger partial charge >= 0.3 is 0 Å². The maximum Gasteiger partial charge on any atom is 0.246 e. The number of rotatable bonds is 32. The van der Waals surface area contributed by atoms with E-state index in [-0.39, 0.29) is 25.8 Å². The third kappa shape index (κ3) is 34.5. The fourth-order valence-electron chi connectivity index (χ4n) is 9.53. The number of nitrogens with one attached hydrogen (secondary N) is 10. The zero-order chi connectivity index (χ0) is 67.2. The average Bonchev–Trinajstić information content (AvgIpc) is 2.06. The Hall–Kier alpha value is -7.09. The van der Waals surface area contributed by atoms with E-state index in [2.05, 4.69) is 67.0 Å². The molecule has 6 unspecified atom stereocenters. The van der Waals surface area contributed by atoms with Gasteiger partial charge in [0.1, 0.15) is 54.4 Å². The van der Waals surface area contributed by atoms with E-state index in [0.29, 0.717) is 44.9 Å². The molecule has 0 bridgehead atoms. The second kappa shape index (κ2) is 44.4. The predicted molar refractivity (Wildman–Crippen MR) is 323 cm³/mol. The fraction of sp³-hybridized carbons (Fsp3) is 0.776. The van der Waals surface area contributed by atoms with Gasteiger partial charge in [-0.3, -0.25) is 62.3 Å². The van der Waals surface area contributed by atoms with E-state index in [0.717, 1.165) is 91.4 Å². The molecule has 31 nitrogen and oxygen atoms in total. The highest BCUT2D eigenvalue weighted by molar-refractivity contribution is 6.00. The summed E-state index contributed by atoms with van der Waals surface area (Å²) in [6, 6.07) is -14.4. The minimum Gasteiger partial charge on any atom is -0.393 e. The first-order valence-corrected chi connectivity index (χ1v) is 31.2. The van der Waals surface area contributed by atoms with E-state index in [1.807, 2.05) is 0 Å². The van der Waals surface area contributed by atoms with Crippen molar-refractivity contribution in [2.24, 2.45) is 17.2 Å². The Kier molecular flexibility index (Phi) is 39.8. The summed E-state index contributed by atoms with van der Waals surface area (Å²) in [4.78, 5) is 174. The highest BCUT2D eigenvalue weighted by Crippen LogP contribution is 2.16. The summed E-state index contributed by atoms with van der Waals surface area (Å²) >= 11 is 0. The molecule has 0 aromatic heterocycles. The van der Waals surface area contributed by atoms with E-state index >= 15 is 0 Å². The number of hydrogen-bond donors (Lipinski definition) is 18. The molecule has 1 rings (SSSR count). The highest BCUT2D eigenvalue weighted by atomic mass is 16.3. The molecule has 0 aromatic rings. The van der Waals surface area contributed by atoms with Crippen molar-refractivity contribution in [1.29, 1.82) is 0 Å². The average molecular weight is 1270 g/mol. The molecule has 1 saturated heterocycles. The lowest BCUT2D eigenvalue weighted by Crippen LogP contribution is -2.63. The third-order valence-electron chi connectivity index (χ3n) is 14.9. The van der Waals surface area contributed by atoms with Crippen LogP contribution >= 0.6 is 0 Å². The number of primary amides is 3. The molecule has 508 valence electrons. The Morgan fingerprint density at radius 1 is 0.438 bits per heavy atom. The second-order valence-electron chi connectivity index (χ2n) is 23.0. The molecule has 31 heteroatoms. The Morgan fingerprint density at radius 3 is 1.36 bits per heavy atom. The van der Waals surface area contributed by atoms with Gasteiger partial charge in [0.15, 0.2) is 0 Å². The zero-order valence-electron chi connectivity index (χ0n) is 52.4. The van der Waals surface area contributed by atoms with Gasteiger partial charge in [-0.15, -0.1) is 0 Å². The molecule has 89 heavy (non-hydrogen) atoms. The number of hydrogen-bond acceptors (Lipinski definition) is 18. The van der Waals surface area contributed by atoms with Crippen LogP contribution in [0.1, 0.15) is 195 Å². The van der Waals surface area contributed by atoms with E-state index in [9.17, 15) is 87.9 Å². The Morgan fingerprint density at radius 2 is 0.843 bits per heavy atom. The largest absolute Gasteiger partial charge is 0.393 e. The van der Waals surface area contributed by atoms with Crippen LogP contribution in [0.5, 0.6) is 0 Å². The number of aliphatic hydroxyl groups excluding tert-OH is 5. The molecule has 1 fully saturated rings. The van der Waals surface area contributed by atoms with Gasteiger partial charge in [-0.05, 0) is 59.3 Å². The lowest BCUT2D eigenvalue weighted by atomic mass is 10.0. The van der Waals surface area contributed by atoms with Crippen molar-refractivity contribution in [3.63, 3.8) is 0 Å². The molecule has 0 radical (unpaired) electrons. The van der Waals surface area contributed by atoms with E-state index < -0.39 is 188 Å². The second-order valence-corrected chi connectivity index (χ2v) is 23.0. The van der Waals surface area contributed by atoms with Crippen molar-refractivity contribution in [2.75, 3.05) is 13.1 Å². The monoisotopic (exact) mass is 1270 g/mol. The van der Waals surface area contributed by atoms with Crippen molar-refractivity contribution < 1.29 is 87.9 Å². The van der Waals surface area contributed by atoms with Gasteiger partial charge in [0.2, 0.25) is 76.8 Å². The molecule has 13 amide bonds. The van der Waals surface area contributed by atoms with Crippen LogP contribution in [0.4, 0.5) is 0 Å². The van der Waals surface area contributed by atoms with Gasteiger partial charge in [0.05, 0.1) is 43.8 Å². The summed E-state index contributed by atoms with van der Waals surface area (Å²) in [5.74, 6) is -14.9. The van der Waals surface area contributed by atoms with Crippen molar-refractivity contribution in [3.05, 3.63) is 0 Å². The van der Waals surface area contributed by atoms with Gasteiger partial charge < -0.3 is 95.9 Å². The number of carbonyl (C=O) groups is 13. The number of unbranched alkanes of at least 4 members (excludes halogenated alkanes) is 12.